The summed E-state index contributed by atoms with van der Waals surface area (Å²) in [6.07, 6.45) is 2.40. The predicted molar refractivity (Wildman–Crippen MR) is 106 cm³/mol. The third kappa shape index (κ3) is 4.77. The van der Waals surface area contributed by atoms with Gasteiger partial charge >= 0.3 is 0 Å². The Bertz CT molecular complexity index is 932. The second kappa shape index (κ2) is 8.84. The van der Waals surface area contributed by atoms with Gasteiger partial charge in [-0.15, -0.1) is 0 Å². The Hall–Kier alpha value is -2.25. The maximum atomic E-state index is 14.2. The monoisotopic (exact) mass is 404 g/mol. The predicted octanol–water partition coefficient (Wildman–Crippen LogP) is 3.22. The molecular formula is C21H25FN2O3S. The van der Waals surface area contributed by atoms with Gasteiger partial charge in [-0.2, -0.15) is 4.31 Å². The molecule has 1 fully saturated rings. The lowest BCUT2D eigenvalue weighted by Crippen LogP contribution is -2.39. The van der Waals surface area contributed by atoms with E-state index in [-0.39, 0.29) is 16.4 Å². The minimum atomic E-state index is -3.74. The van der Waals surface area contributed by atoms with Crippen molar-refractivity contribution < 1.29 is 17.6 Å². The van der Waals surface area contributed by atoms with Crippen LogP contribution in [0.2, 0.25) is 0 Å². The highest BCUT2D eigenvalue weighted by molar-refractivity contribution is 7.89. The maximum Gasteiger partial charge on any atom is 0.254 e. The van der Waals surface area contributed by atoms with Gasteiger partial charge in [-0.1, -0.05) is 37.3 Å². The Morgan fingerprint density at radius 2 is 1.96 bits per heavy atom. The van der Waals surface area contributed by atoms with Gasteiger partial charge in [0.2, 0.25) is 10.0 Å². The smallest absolute Gasteiger partial charge is 0.254 e. The molecule has 0 aliphatic carbocycles. The van der Waals surface area contributed by atoms with Crippen molar-refractivity contribution in [3.63, 3.8) is 0 Å². The van der Waals surface area contributed by atoms with Crippen LogP contribution >= 0.6 is 0 Å². The van der Waals surface area contributed by atoms with Crippen LogP contribution in [0.15, 0.2) is 53.4 Å². The first kappa shape index (κ1) is 20.5. The molecule has 1 heterocycles. The minimum absolute atomic E-state index is 0.0452. The number of hydrogen-bond acceptors (Lipinski definition) is 3. The summed E-state index contributed by atoms with van der Waals surface area (Å²) < 4.78 is 41.4. The third-order valence-electron chi connectivity index (χ3n) is 4.98. The lowest BCUT2D eigenvalue weighted by molar-refractivity contribution is 0.0950. The molecule has 2 aromatic carbocycles. The summed E-state index contributed by atoms with van der Waals surface area (Å²) in [6.45, 7) is 3.24. The molecule has 1 saturated heterocycles. The molecule has 1 amide bonds. The number of nitrogens with zero attached hydrogens (tertiary/aromatic N) is 1. The average molecular weight is 405 g/mol. The van der Waals surface area contributed by atoms with Crippen molar-refractivity contribution in [2.45, 2.75) is 31.1 Å². The average Bonchev–Trinajstić information content (AvgIpc) is 2.69. The van der Waals surface area contributed by atoms with Crippen LogP contribution in [0.5, 0.6) is 0 Å². The van der Waals surface area contributed by atoms with E-state index in [1.165, 1.54) is 10.4 Å². The number of amides is 1. The zero-order valence-corrected chi connectivity index (χ0v) is 16.7. The van der Waals surface area contributed by atoms with E-state index in [1.807, 2.05) is 37.3 Å². The van der Waals surface area contributed by atoms with Crippen LogP contribution in [0, 0.1) is 11.7 Å². The van der Waals surface area contributed by atoms with Gasteiger partial charge in [0.05, 0.1) is 10.5 Å². The summed E-state index contributed by atoms with van der Waals surface area (Å²) in [5, 5.41) is 2.67. The SMILES string of the molecule is C[C@H]1CCCN(S(=O)(=O)c2ccc(F)c(C(=O)NCCc3ccccc3)c2)C1. The van der Waals surface area contributed by atoms with Gasteiger partial charge in [0.25, 0.3) is 5.91 Å². The van der Waals surface area contributed by atoms with E-state index in [0.29, 0.717) is 26.1 Å². The molecule has 0 saturated carbocycles. The molecule has 1 N–H and O–H groups in total. The van der Waals surface area contributed by atoms with Crippen LogP contribution in [0.3, 0.4) is 0 Å². The number of hydrogen-bond donors (Lipinski definition) is 1. The number of carbonyl (C=O) groups is 1. The van der Waals surface area contributed by atoms with Crippen LogP contribution < -0.4 is 5.32 Å². The molecule has 0 unspecified atom stereocenters. The lowest BCUT2D eigenvalue weighted by Gasteiger charge is -2.30. The number of benzene rings is 2. The molecule has 7 heteroatoms. The number of carbonyl (C=O) groups excluding carboxylic acids is 1. The highest BCUT2D eigenvalue weighted by Crippen LogP contribution is 2.24. The standard InChI is InChI=1S/C21H25FN2O3S/c1-16-6-5-13-24(15-16)28(26,27)18-9-10-20(22)19(14-18)21(25)23-12-11-17-7-3-2-4-8-17/h2-4,7-10,14,16H,5-6,11-13,15H2,1H3,(H,23,25)/t16-/m0/s1. The van der Waals surface area contributed by atoms with E-state index in [0.717, 1.165) is 30.5 Å². The van der Waals surface area contributed by atoms with E-state index < -0.39 is 21.7 Å². The van der Waals surface area contributed by atoms with Crippen molar-refractivity contribution in [3.05, 3.63) is 65.5 Å². The van der Waals surface area contributed by atoms with E-state index in [9.17, 15) is 17.6 Å². The number of sulfonamides is 1. The van der Waals surface area contributed by atoms with E-state index in [1.54, 1.807) is 0 Å². The lowest BCUT2D eigenvalue weighted by atomic mass is 10.0. The molecule has 3 rings (SSSR count). The molecule has 0 radical (unpaired) electrons. The van der Waals surface area contributed by atoms with Crippen molar-refractivity contribution in [3.8, 4) is 0 Å². The molecule has 1 atom stereocenters. The largest absolute Gasteiger partial charge is 0.352 e. The topological polar surface area (TPSA) is 66.5 Å². The van der Waals surface area contributed by atoms with Gasteiger partial charge in [0, 0.05) is 19.6 Å². The normalized spacial score (nSPS) is 18.0. The first-order chi connectivity index (χ1) is 13.4. The Morgan fingerprint density at radius 1 is 1.21 bits per heavy atom. The van der Waals surface area contributed by atoms with Crippen molar-refractivity contribution in [2.75, 3.05) is 19.6 Å². The molecule has 0 spiro atoms. The summed E-state index contributed by atoms with van der Waals surface area (Å²) in [4.78, 5) is 12.4. The van der Waals surface area contributed by atoms with Crippen LogP contribution in [0.4, 0.5) is 4.39 Å². The Morgan fingerprint density at radius 3 is 2.68 bits per heavy atom. The highest BCUT2D eigenvalue weighted by atomic mass is 32.2. The minimum Gasteiger partial charge on any atom is -0.352 e. The van der Waals surface area contributed by atoms with Crippen LogP contribution in [0.1, 0.15) is 35.7 Å². The van der Waals surface area contributed by atoms with E-state index in [4.69, 9.17) is 0 Å². The third-order valence-corrected chi connectivity index (χ3v) is 6.84. The quantitative estimate of drug-likeness (QED) is 0.804. The van der Waals surface area contributed by atoms with Crippen molar-refractivity contribution in [1.82, 2.24) is 9.62 Å². The van der Waals surface area contributed by atoms with Gasteiger partial charge in [0.15, 0.2) is 0 Å². The molecule has 150 valence electrons. The Balaban J connectivity index is 1.72. The van der Waals surface area contributed by atoms with Crippen molar-refractivity contribution >= 4 is 15.9 Å². The van der Waals surface area contributed by atoms with Crippen LogP contribution in [-0.2, 0) is 16.4 Å². The molecule has 0 aromatic heterocycles. The molecule has 1 aliphatic rings. The van der Waals surface area contributed by atoms with Gasteiger partial charge in [-0.05, 0) is 48.9 Å². The second-order valence-corrected chi connectivity index (χ2v) is 9.18. The summed E-state index contributed by atoms with van der Waals surface area (Å²) in [6, 6.07) is 13.0. The number of piperidine rings is 1. The first-order valence-corrected chi connectivity index (χ1v) is 10.9. The number of halogens is 1. The summed E-state index contributed by atoms with van der Waals surface area (Å²) >= 11 is 0. The molecule has 1 aliphatic heterocycles. The number of nitrogens with one attached hydrogen (secondary N) is 1. The van der Waals surface area contributed by atoms with E-state index in [2.05, 4.69) is 5.32 Å². The molecule has 28 heavy (non-hydrogen) atoms. The molecule has 2 aromatic rings. The molecule has 0 bridgehead atoms. The zero-order valence-electron chi connectivity index (χ0n) is 15.9. The maximum absolute atomic E-state index is 14.2. The molecule has 5 nitrogen and oxygen atoms in total. The summed E-state index contributed by atoms with van der Waals surface area (Å²) in [5.41, 5.74) is 0.804. The fraction of sp³-hybridized carbons (Fsp3) is 0.381. The van der Waals surface area contributed by atoms with E-state index >= 15 is 0 Å². The van der Waals surface area contributed by atoms with Gasteiger partial charge in [0.1, 0.15) is 5.82 Å². The summed E-state index contributed by atoms with van der Waals surface area (Å²) in [5.74, 6) is -1.06. The first-order valence-electron chi connectivity index (χ1n) is 9.50. The van der Waals surface area contributed by atoms with Gasteiger partial charge in [-0.25, -0.2) is 12.8 Å². The highest BCUT2D eigenvalue weighted by Gasteiger charge is 2.29. The van der Waals surface area contributed by atoms with Crippen LogP contribution in [0.25, 0.3) is 0 Å². The number of rotatable bonds is 6. The Kier molecular flexibility index (Phi) is 6.46. The molecular weight excluding hydrogens is 379 g/mol. The van der Waals surface area contributed by atoms with Crippen molar-refractivity contribution in [1.29, 1.82) is 0 Å². The summed E-state index contributed by atoms with van der Waals surface area (Å²) in [7, 11) is -3.74. The van der Waals surface area contributed by atoms with Gasteiger partial charge in [-0.3, -0.25) is 4.79 Å². The second-order valence-electron chi connectivity index (χ2n) is 7.24. The van der Waals surface area contributed by atoms with Gasteiger partial charge < -0.3 is 5.32 Å². The Labute approximate surface area is 165 Å². The zero-order chi connectivity index (χ0) is 20.1. The van der Waals surface area contributed by atoms with Crippen molar-refractivity contribution in [2.24, 2.45) is 5.92 Å². The fourth-order valence-corrected chi connectivity index (χ4v) is 5.04. The fourth-order valence-electron chi connectivity index (χ4n) is 3.41. The van der Waals surface area contributed by atoms with Crippen LogP contribution in [-0.4, -0.2) is 38.3 Å².